The molecule has 182 valence electrons. The van der Waals surface area contributed by atoms with Gasteiger partial charge in [0.25, 0.3) is 0 Å². The summed E-state index contributed by atoms with van der Waals surface area (Å²) >= 11 is 0. The van der Waals surface area contributed by atoms with Gasteiger partial charge in [-0.05, 0) is 44.7 Å². The highest BCUT2D eigenvalue weighted by Gasteiger charge is 2.39. The summed E-state index contributed by atoms with van der Waals surface area (Å²) in [5.74, 6) is -0.446. The van der Waals surface area contributed by atoms with E-state index in [1.165, 1.54) is 10.0 Å². The highest BCUT2D eigenvalue weighted by molar-refractivity contribution is 5.76. The molecule has 8 nitrogen and oxygen atoms in total. The Hall–Kier alpha value is -3.55. The fourth-order valence-corrected chi connectivity index (χ4v) is 3.67. The second-order valence-corrected chi connectivity index (χ2v) is 9.13. The first kappa shape index (κ1) is 25.1. The Balaban J connectivity index is 1.73. The molecule has 34 heavy (non-hydrogen) atoms. The van der Waals surface area contributed by atoms with Crippen molar-refractivity contribution in [3.05, 3.63) is 71.8 Å². The van der Waals surface area contributed by atoms with Gasteiger partial charge in [0.2, 0.25) is 0 Å². The first-order chi connectivity index (χ1) is 16.2. The van der Waals surface area contributed by atoms with Gasteiger partial charge in [-0.3, -0.25) is 4.79 Å². The standard InChI is InChI=1S/C26H32N2O6/c1-26(2,3)34-23(29)17-22-15-10-16-27(24(30)32-18-20-11-6-4-7-12-20)28(22)25(31)33-19-21-13-8-5-9-14-21/h4-9,11-14,22H,10,15-19H2,1-3H3/t22-/m0/s1. The molecule has 2 aromatic carbocycles. The largest absolute Gasteiger partial charge is 0.460 e. The normalized spacial score (nSPS) is 16.0. The SMILES string of the molecule is CC(C)(C)OC(=O)C[C@@H]1CCCN(C(=O)OCc2ccccc2)N1C(=O)OCc1ccccc1. The minimum Gasteiger partial charge on any atom is -0.460 e. The van der Waals surface area contributed by atoms with Crippen molar-refractivity contribution in [2.75, 3.05) is 6.54 Å². The van der Waals surface area contributed by atoms with Crippen LogP contribution in [0.5, 0.6) is 0 Å². The lowest BCUT2D eigenvalue weighted by Crippen LogP contribution is -2.58. The van der Waals surface area contributed by atoms with E-state index >= 15 is 0 Å². The molecule has 2 amide bonds. The Morgan fingerprint density at radius 2 is 1.38 bits per heavy atom. The molecule has 1 atom stereocenters. The predicted molar refractivity (Wildman–Crippen MR) is 125 cm³/mol. The van der Waals surface area contributed by atoms with Crippen molar-refractivity contribution < 1.29 is 28.6 Å². The number of carbonyl (C=O) groups excluding carboxylic acids is 3. The Morgan fingerprint density at radius 3 is 1.91 bits per heavy atom. The van der Waals surface area contributed by atoms with Crippen LogP contribution in [-0.4, -0.2) is 46.4 Å². The molecule has 1 heterocycles. The molecule has 0 aromatic heterocycles. The third-order valence-corrected chi connectivity index (χ3v) is 5.14. The number of hydrogen-bond donors (Lipinski definition) is 0. The molecular weight excluding hydrogens is 436 g/mol. The van der Waals surface area contributed by atoms with Gasteiger partial charge in [-0.1, -0.05) is 60.7 Å². The molecule has 3 rings (SSSR count). The van der Waals surface area contributed by atoms with Crippen molar-refractivity contribution in [2.45, 2.75) is 64.9 Å². The predicted octanol–water partition coefficient (Wildman–Crippen LogP) is 5.07. The van der Waals surface area contributed by atoms with E-state index in [0.29, 0.717) is 12.8 Å². The summed E-state index contributed by atoms with van der Waals surface area (Å²) in [6.45, 7) is 5.74. The summed E-state index contributed by atoms with van der Waals surface area (Å²) in [4.78, 5) is 38.6. The number of hydrazine groups is 1. The molecule has 8 heteroatoms. The number of rotatable bonds is 6. The highest BCUT2D eigenvalue weighted by atomic mass is 16.6. The molecule has 0 saturated carbocycles. The lowest BCUT2D eigenvalue weighted by atomic mass is 10.0. The Kier molecular flexibility index (Phi) is 8.51. The molecule has 1 fully saturated rings. The van der Waals surface area contributed by atoms with Crippen molar-refractivity contribution in [2.24, 2.45) is 0 Å². The van der Waals surface area contributed by atoms with Crippen molar-refractivity contribution in [3.63, 3.8) is 0 Å². The number of benzene rings is 2. The number of hydrogen-bond acceptors (Lipinski definition) is 6. The van der Waals surface area contributed by atoms with E-state index in [4.69, 9.17) is 14.2 Å². The molecule has 1 saturated heterocycles. The quantitative estimate of drug-likeness (QED) is 0.435. The fraction of sp³-hybridized carbons (Fsp3) is 0.423. The van der Waals surface area contributed by atoms with E-state index in [1.807, 2.05) is 60.7 Å². The van der Waals surface area contributed by atoms with Crippen LogP contribution < -0.4 is 0 Å². The first-order valence-electron chi connectivity index (χ1n) is 11.4. The second-order valence-electron chi connectivity index (χ2n) is 9.13. The molecule has 2 aromatic rings. The van der Waals surface area contributed by atoms with E-state index in [-0.39, 0.29) is 26.2 Å². The Labute approximate surface area is 200 Å². The molecule has 0 aliphatic carbocycles. The van der Waals surface area contributed by atoms with Gasteiger partial charge in [0, 0.05) is 6.54 Å². The maximum absolute atomic E-state index is 13.1. The number of nitrogens with zero attached hydrogens (tertiary/aromatic N) is 2. The van der Waals surface area contributed by atoms with Crippen LogP contribution in [-0.2, 0) is 32.2 Å². The molecule has 0 N–H and O–H groups in total. The van der Waals surface area contributed by atoms with E-state index in [1.54, 1.807) is 20.8 Å². The zero-order chi connectivity index (χ0) is 24.6. The van der Waals surface area contributed by atoms with Crippen LogP contribution in [0.15, 0.2) is 60.7 Å². The summed E-state index contributed by atoms with van der Waals surface area (Å²) in [7, 11) is 0. The van der Waals surface area contributed by atoms with Crippen LogP contribution in [0.4, 0.5) is 9.59 Å². The average Bonchev–Trinajstić information content (AvgIpc) is 2.81. The zero-order valence-electron chi connectivity index (χ0n) is 19.9. The molecule has 0 bridgehead atoms. The van der Waals surface area contributed by atoms with Gasteiger partial charge in [-0.15, -0.1) is 0 Å². The summed E-state index contributed by atoms with van der Waals surface area (Å²) in [6, 6.07) is 17.9. The van der Waals surface area contributed by atoms with Crippen molar-refractivity contribution >= 4 is 18.2 Å². The van der Waals surface area contributed by atoms with E-state index in [9.17, 15) is 14.4 Å². The van der Waals surface area contributed by atoms with Gasteiger partial charge < -0.3 is 14.2 Å². The summed E-state index contributed by atoms with van der Waals surface area (Å²) in [6.07, 6.45) is -0.304. The zero-order valence-corrected chi connectivity index (χ0v) is 19.9. The first-order valence-corrected chi connectivity index (χ1v) is 11.4. The molecule has 1 aliphatic rings. The lowest BCUT2D eigenvalue weighted by Gasteiger charge is -2.42. The van der Waals surface area contributed by atoms with Gasteiger partial charge in [-0.2, -0.15) is 0 Å². The Bertz CT molecular complexity index is 958. The van der Waals surface area contributed by atoms with Gasteiger partial charge in [0.1, 0.15) is 18.8 Å². The third-order valence-electron chi connectivity index (χ3n) is 5.14. The van der Waals surface area contributed by atoms with Crippen molar-refractivity contribution in [1.82, 2.24) is 10.0 Å². The van der Waals surface area contributed by atoms with E-state index < -0.39 is 29.8 Å². The number of amides is 2. The maximum atomic E-state index is 13.1. The van der Waals surface area contributed by atoms with E-state index in [2.05, 4.69) is 0 Å². The minimum atomic E-state index is -0.714. The topological polar surface area (TPSA) is 85.4 Å². The molecule has 1 aliphatic heterocycles. The van der Waals surface area contributed by atoms with Crippen molar-refractivity contribution in [3.8, 4) is 0 Å². The minimum absolute atomic E-state index is 0.0439. The number of carbonyl (C=O) groups is 3. The number of esters is 1. The van der Waals surface area contributed by atoms with Gasteiger partial charge in [0.05, 0.1) is 12.5 Å². The second kappa shape index (κ2) is 11.5. The third kappa shape index (κ3) is 7.50. The van der Waals surface area contributed by atoms with Crippen LogP contribution >= 0.6 is 0 Å². The monoisotopic (exact) mass is 468 g/mol. The van der Waals surface area contributed by atoms with Crippen LogP contribution in [0.25, 0.3) is 0 Å². The van der Waals surface area contributed by atoms with Gasteiger partial charge in [0.15, 0.2) is 0 Å². The van der Waals surface area contributed by atoms with E-state index in [0.717, 1.165) is 11.1 Å². The maximum Gasteiger partial charge on any atom is 0.429 e. The van der Waals surface area contributed by atoms with Crippen LogP contribution in [0.2, 0.25) is 0 Å². The average molecular weight is 469 g/mol. The summed E-state index contributed by atoms with van der Waals surface area (Å²) in [5, 5.41) is 2.44. The van der Waals surface area contributed by atoms with Gasteiger partial charge >= 0.3 is 18.2 Å². The summed E-state index contributed by atoms with van der Waals surface area (Å²) < 4.78 is 16.4. The Morgan fingerprint density at radius 1 is 0.853 bits per heavy atom. The molecular formula is C26H32N2O6. The van der Waals surface area contributed by atoms with Crippen LogP contribution in [0.3, 0.4) is 0 Å². The number of ether oxygens (including phenoxy) is 3. The smallest absolute Gasteiger partial charge is 0.429 e. The molecule has 0 radical (unpaired) electrons. The molecule has 0 unspecified atom stereocenters. The van der Waals surface area contributed by atoms with Gasteiger partial charge in [-0.25, -0.2) is 19.6 Å². The highest BCUT2D eigenvalue weighted by Crippen LogP contribution is 2.25. The van der Waals surface area contributed by atoms with Crippen molar-refractivity contribution in [1.29, 1.82) is 0 Å². The van der Waals surface area contributed by atoms with Crippen LogP contribution in [0, 0.1) is 0 Å². The molecule has 0 spiro atoms. The lowest BCUT2D eigenvalue weighted by molar-refractivity contribution is -0.158. The fourth-order valence-electron chi connectivity index (χ4n) is 3.67. The summed E-state index contributed by atoms with van der Waals surface area (Å²) in [5.41, 5.74) is 0.990. The van der Waals surface area contributed by atoms with Crippen LogP contribution in [0.1, 0.15) is 51.2 Å².